The minimum Gasteiger partial charge on any atom is -0.492 e. The molecule has 38 heavy (non-hydrogen) atoms. The highest BCUT2D eigenvalue weighted by Gasteiger charge is 2.25. The van der Waals surface area contributed by atoms with Gasteiger partial charge in [-0.2, -0.15) is 0 Å². The van der Waals surface area contributed by atoms with Crippen LogP contribution in [0.4, 0.5) is 11.4 Å². The molecule has 1 fully saturated rings. The summed E-state index contributed by atoms with van der Waals surface area (Å²) in [6.45, 7) is 6.15. The lowest BCUT2D eigenvalue weighted by atomic mass is 10.1. The first-order valence-electron chi connectivity index (χ1n) is 13.8. The van der Waals surface area contributed by atoms with E-state index in [1.54, 1.807) is 11.8 Å². The molecule has 0 radical (unpaired) electrons. The van der Waals surface area contributed by atoms with Gasteiger partial charge in [-0.1, -0.05) is 54.6 Å². The lowest BCUT2D eigenvalue weighted by molar-refractivity contribution is 0.100. The summed E-state index contributed by atoms with van der Waals surface area (Å²) in [4.78, 5) is 9.22. The molecular weight excluding hydrogens is 494 g/mol. The quantitative estimate of drug-likeness (QED) is 0.339. The summed E-state index contributed by atoms with van der Waals surface area (Å²) in [6, 6.07) is 24.9. The number of β-amino-alcohol motifs (C(OH)–C–C–N with tert-alkyl or cyclic N) is 1. The molecular formula is C31H39N3O3S. The van der Waals surface area contributed by atoms with Crippen LogP contribution in [-0.4, -0.2) is 78.6 Å². The summed E-state index contributed by atoms with van der Waals surface area (Å²) < 4.78 is 6.07. The van der Waals surface area contributed by atoms with E-state index in [4.69, 9.17) is 4.74 Å². The zero-order chi connectivity index (χ0) is 26.2. The fraction of sp³-hybridized carbons (Fsp3) is 0.419. The Balaban J connectivity index is 1.20. The van der Waals surface area contributed by atoms with E-state index < -0.39 is 6.10 Å². The van der Waals surface area contributed by atoms with E-state index in [0.717, 1.165) is 29.2 Å². The molecule has 3 aromatic rings. The van der Waals surface area contributed by atoms with Crippen LogP contribution in [0.2, 0.25) is 0 Å². The van der Waals surface area contributed by atoms with Crippen molar-refractivity contribution >= 4 is 23.1 Å². The molecule has 0 amide bonds. The van der Waals surface area contributed by atoms with Crippen molar-refractivity contribution in [1.29, 1.82) is 0 Å². The third-order valence-electron chi connectivity index (χ3n) is 7.24. The van der Waals surface area contributed by atoms with Gasteiger partial charge in [0.25, 0.3) is 0 Å². The molecule has 0 aliphatic carbocycles. The van der Waals surface area contributed by atoms with E-state index in [9.17, 15) is 10.2 Å². The second kappa shape index (κ2) is 13.5. The third kappa shape index (κ3) is 7.10. The molecule has 3 aromatic carbocycles. The van der Waals surface area contributed by atoms with Crippen molar-refractivity contribution in [1.82, 2.24) is 9.80 Å². The summed E-state index contributed by atoms with van der Waals surface area (Å²) in [7, 11) is 0. The number of anilines is 2. The van der Waals surface area contributed by atoms with Crippen molar-refractivity contribution in [3.8, 4) is 5.75 Å². The van der Waals surface area contributed by atoms with Gasteiger partial charge >= 0.3 is 0 Å². The largest absolute Gasteiger partial charge is 0.492 e. The van der Waals surface area contributed by atoms with Crippen LogP contribution in [0, 0.1) is 0 Å². The van der Waals surface area contributed by atoms with Crippen molar-refractivity contribution in [3.05, 3.63) is 78.4 Å². The van der Waals surface area contributed by atoms with Gasteiger partial charge in [-0.15, -0.1) is 0 Å². The fourth-order valence-corrected chi connectivity index (χ4v) is 6.48. The molecule has 5 rings (SSSR count). The standard InChI is InChI=1S/C31H39N3O3S/c35-19-17-33(22-25-9-8-10-27(21-25)37-20-18-32-15-6-1-7-16-32)23-26(36)24-34-28-11-2-4-13-30(28)38-31-14-5-3-12-29(31)34/h2-5,8-14,21,26,35-36H,1,6-7,15-20,22-24H2. The van der Waals surface area contributed by atoms with E-state index >= 15 is 0 Å². The highest BCUT2D eigenvalue weighted by molar-refractivity contribution is 7.99. The molecule has 0 aromatic heterocycles. The lowest BCUT2D eigenvalue weighted by Gasteiger charge is -2.35. The second-order valence-electron chi connectivity index (χ2n) is 10.2. The number of rotatable bonds is 12. The van der Waals surface area contributed by atoms with Crippen LogP contribution in [-0.2, 0) is 6.54 Å². The number of nitrogens with zero attached hydrogens (tertiary/aromatic N) is 3. The van der Waals surface area contributed by atoms with E-state index in [2.05, 4.69) is 63.2 Å². The van der Waals surface area contributed by atoms with Gasteiger partial charge in [-0.25, -0.2) is 0 Å². The number of likely N-dealkylation sites (tertiary alicyclic amines) is 1. The van der Waals surface area contributed by atoms with Gasteiger partial charge in [0.15, 0.2) is 0 Å². The Morgan fingerprint density at radius 1 is 0.895 bits per heavy atom. The number of piperidine rings is 1. The van der Waals surface area contributed by atoms with Crippen LogP contribution in [0.15, 0.2) is 82.6 Å². The average Bonchev–Trinajstić information content (AvgIpc) is 2.94. The van der Waals surface area contributed by atoms with E-state index in [1.807, 2.05) is 24.3 Å². The van der Waals surface area contributed by atoms with Gasteiger partial charge < -0.3 is 19.8 Å². The molecule has 1 atom stereocenters. The number of benzene rings is 3. The minimum absolute atomic E-state index is 0.0464. The van der Waals surface area contributed by atoms with Crippen LogP contribution >= 0.6 is 11.8 Å². The van der Waals surface area contributed by atoms with Crippen molar-refractivity contribution in [2.45, 2.75) is 41.7 Å². The molecule has 7 heteroatoms. The van der Waals surface area contributed by atoms with E-state index in [0.29, 0.717) is 32.8 Å². The molecule has 202 valence electrons. The Hall–Kier alpha value is -2.55. The van der Waals surface area contributed by atoms with Gasteiger partial charge in [0.05, 0.1) is 30.6 Å². The number of hydrogen-bond acceptors (Lipinski definition) is 7. The zero-order valence-corrected chi connectivity index (χ0v) is 22.9. The average molecular weight is 534 g/mol. The van der Waals surface area contributed by atoms with E-state index in [-0.39, 0.29) is 6.61 Å². The molecule has 1 saturated heterocycles. The highest BCUT2D eigenvalue weighted by Crippen LogP contribution is 2.47. The Kier molecular flexibility index (Phi) is 9.60. The number of aliphatic hydroxyl groups is 2. The highest BCUT2D eigenvalue weighted by atomic mass is 32.2. The van der Waals surface area contributed by atoms with Gasteiger partial charge in [-0.05, 0) is 67.9 Å². The number of aliphatic hydroxyl groups excluding tert-OH is 2. The molecule has 0 spiro atoms. The summed E-state index contributed by atoms with van der Waals surface area (Å²) in [6.07, 6.45) is 3.33. The van der Waals surface area contributed by atoms with Crippen molar-refractivity contribution in [3.63, 3.8) is 0 Å². The predicted molar refractivity (Wildman–Crippen MR) is 155 cm³/mol. The van der Waals surface area contributed by atoms with Gasteiger partial charge in [0.2, 0.25) is 0 Å². The van der Waals surface area contributed by atoms with Crippen LogP contribution in [0.3, 0.4) is 0 Å². The molecule has 6 nitrogen and oxygen atoms in total. The first-order valence-corrected chi connectivity index (χ1v) is 14.6. The Labute approximate surface area is 230 Å². The number of hydrogen-bond donors (Lipinski definition) is 2. The van der Waals surface area contributed by atoms with Crippen LogP contribution < -0.4 is 9.64 Å². The van der Waals surface area contributed by atoms with Crippen LogP contribution in [0.25, 0.3) is 0 Å². The summed E-state index contributed by atoms with van der Waals surface area (Å²) in [5.74, 6) is 0.878. The molecule has 0 saturated carbocycles. The monoisotopic (exact) mass is 533 g/mol. The maximum atomic E-state index is 11.2. The molecule has 2 aliphatic rings. The van der Waals surface area contributed by atoms with E-state index in [1.165, 1.54) is 42.1 Å². The molecule has 0 bridgehead atoms. The molecule has 2 heterocycles. The molecule has 2 aliphatic heterocycles. The van der Waals surface area contributed by atoms with Crippen molar-refractivity contribution in [2.24, 2.45) is 0 Å². The zero-order valence-electron chi connectivity index (χ0n) is 22.0. The maximum Gasteiger partial charge on any atom is 0.119 e. The second-order valence-corrected chi connectivity index (χ2v) is 11.2. The van der Waals surface area contributed by atoms with Crippen molar-refractivity contribution in [2.75, 3.05) is 57.4 Å². The summed E-state index contributed by atoms with van der Waals surface area (Å²) >= 11 is 1.77. The normalized spacial score (nSPS) is 16.2. The number of ether oxygens (including phenoxy) is 1. The SMILES string of the molecule is OCCN(Cc1cccc(OCCN2CCCCC2)c1)CC(O)CN1c2ccccc2Sc2ccccc21. The lowest BCUT2D eigenvalue weighted by Crippen LogP contribution is -2.40. The van der Waals surface area contributed by atoms with Gasteiger partial charge in [0, 0.05) is 36.0 Å². The predicted octanol–water partition coefficient (Wildman–Crippen LogP) is 5.01. The van der Waals surface area contributed by atoms with Crippen LogP contribution in [0.1, 0.15) is 24.8 Å². The third-order valence-corrected chi connectivity index (χ3v) is 8.37. The molecule has 2 N–H and O–H groups in total. The summed E-state index contributed by atoms with van der Waals surface area (Å²) in [5, 5.41) is 21.0. The Bertz CT molecular complexity index is 1120. The Morgan fingerprint density at radius 3 is 2.32 bits per heavy atom. The Morgan fingerprint density at radius 2 is 1.61 bits per heavy atom. The van der Waals surface area contributed by atoms with Gasteiger partial charge in [-0.3, -0.25) is 9.80 Å². The minimum atomic E-state index is -0.588. The molecule has 1 unspecified atom stereocenters. The van der Waals surface area contributed by atoms with Crippen molar-refractivity contribution < 1.29 is 14.9 Å². The number of para-hydroxylation sites is 2. The smallest absolute Gasteiger partial charge is 0.119 e. The summed E-state index contributed by atoms with van der Waals surface area (Å²) in [5.41, 5.74) is 3.36. The fourth-order valence-electron chi connectivity index (χ4n) is 5.39. The first kappa shape index (κ1) is 27.0. The van der Waals surface area contributed by atoms with Crippen LogP contribution in [0.5, 0.6) is 5.75 Å². The maximum absolute atomic E-state index is 11.2. The first-order chi connectivity index (χ1) is 18.7. The topological polar surface area (TPSA) is 59.4 Å². The number of fused-ring (bicyclic) bond motifs is 2. The van der Waals surface area contributed by atoms with Gasteiger partial charge in [0.1, 0.15) is 12.4 Å².